The third-order valence-corrected chi connectivity index (χ3v) is 1.14. The predicted octanol–water partition coefficient (Wildman–Crippen LogP) is 0.689. The summed E-state index contributed by atoms with van der Waals surface area (Å²) in [5.41, 5.74) is 0.519. The van der Waals surface area contributed by atoms with E-state index in [4.69, 9.17) is 10.00 Å². The Balaban J connectivity index is 2.73. The van der Waals surface area contributed by atoms with Gasteiger partial charge in [-0.1, -0.05) is 0 Å². The summed E-state index contributed by atoms with van der Waals surface area (Å²) in [5.74, 6) is 0. The number of allylic oxidation sites excluding steroid dienone is 2. The Morgan fingerprint density at radius 2 is 2.50 bits per heavy atom. The Kier molecular flexibility index (Phi) is 2.08. The Morgan fingerprint density at radius 1 is 1.70 bits per heavy atom. The monoisotopic (exact) mass is 135 g/mol. The second kappa shape index (κ2) is 3.04. The molecule has 0 aromatic rings. The highest BCUT2D eigenvalue weighted by atomic mass is 16.5. The summed E-state index contributed by atoms with van der Waals surface area (Å²) < 4.78 is 4.86. The second-order valence-corrected chi connectivity index (χ2v) is 1.73. The van der Waals surface area contributed by atoms with E-state index in [1.165, 1.54) is 7.11 Å². The molecule has 0 bridgehead atoms. The first kappa shape index (κ1) is 6.84. The molecule has 1 radical (unpaired) electrons. The van der Waals surface area contributed by atoms with Crippen molar-refractivity contribution in [2.24, 2.45) is 0 Å². The molecule has 51 valence electrons. The first-order valence-electron chi connectivity index (χ1n) is 2.83. The fourth-order valence-electron chi connectivity index (χ4n) is 0.678. The number of nitrogens with zero attached hydrogens (tertiary/aromatic N) is 1. The van der Waals surface area contributed by atoms with Crippen LogP contribution in [0, 0.1) is 17.6 Å². The molecule has 3 nitrogen and oxygen atoms in total. The van der Waals surface area contributed by atoms with Gasteiger partial charge in [-0.25, -0.2) is 0 Å². The molecule has 1 heterocycles. The normalized spacial score (nSPS) is 17.4. The molecule has 0 unspecified atom stereocenters. The maximum Gasteiger partial charge on any atom is 0.228 e. The lowest BCUT2D eigenvalue weighted by molar-refractivity contribution is 0.209. The zero-order chi connectivity index (χ0) is 7.40. The molecule has 0 aromatic heterocycles. The van der Waals surface area contributed by atoms with E-state index in [0.29, 0.717) is 11.8 Å². The number of hydrogen-bond acceptors (Lipinski definition) is 3. The highest BCUT2D eigenvalue weighted by Crippen LogP contribution is 2.12. The van der Waals surface area contributed by atoms with Crippen molar-refractivity contribution < 1.29 is 4.74 Å². The molecule has 0 aromatic carbocycles. The van der Waals surface area contributed by atoms with Crippen molar-refractivity contribution in [1.29, 1.82) is 5.26 Å². The van der Waals surface area contributed by atoms with Crippen LogP contribution in [-0.2, 0) is 4.74 Å². The SMILES string of the molecule is CO[C]1NC=CC=C1C#N. The fourth-order valence-corrected chi connectivity index (χ4v) is 0.678. The number of hydrogen-bond donors (Lipinski definition) is 1. The molecule has 0 saturated heterocycles. The van der Waals surface area contributed by atoms with E-state index in [9.17, 15) is 0 Å². The smallest absolute Gasteiger partial charge is 0.228 e. The highest BCUT2D eigenvalue weighted by Gasteiger charge is 2.14. The lowest BCUT2D eigenvalue weighted by Gasteiger charge is -2.14. The van der Waals surface area contributed by atoms with E-state index in [1.807, 2.05) is 6.07 Å². The van der Waals surface area contributed by atoms with Crippen molar-refractivity contribution in [2.75, 3.05) is 7.11 Å². The molecule has 0 amide bonds. The van der Waals surface area contributed by atoms with Gasteiger partial charge in [-0.05, 0) is 18.4 Å². The van der Waals surface area contributed by atoms with E-state index >= 15 is 0 Å². The summed E-state index contributed by atoms with van der Waals surface area (Å²) in [6.45, 7) is 0. The molecule has 0 spiro atoms. The van der Waals surface area contributed by atoms with Gasteiger partial charge in [0, 0.05) is 7.11 Å². The molecule has 10 heavy (non-hydrogen) atoms. The Labute approximate surface area is 59.6 Å². The number of nitriles is 1. The molecular weight excluding hydrogens is 128 g/mol. The van der Waals surface area contributed by atoms with Crippen LogP contribution in [0.2, 0.25) is 0 Å². The Hall–Kier alpha value is -1.27. The van der Waals surface area contributed by atoms with Crippen LogP contribution in [-0.4, -0.2) is 7.11 Å². The van der Waals surface area contributed by atoms with Crippen molar-refractivity contribution in [3.63, 3.8) is 0 Å². The fraction of sp³-hybridized carbons (Fsp3) is 0.143. The standard InChI is InChI=1S/C7H7N2O/c1-10-7-6(5-8)3-2-4-9-7/h2-4,9H,1H3. The van der Waals surface area contributed by atoms with Crippen LogP contribution >= 0.6 is 0 Å². The minimum atomic E-state index is 0.505. The lowest BCUT2D eigenvalue weighted by Crippen LogP contribution is -2.20. The van der Waals surface area contributed by atoms with Crippen LogP contribution in [0.4, 0.5) is 0 Å². The molecule has 1 aliphatic heterocycles. The number of rotatable bonds is 1. The average molecular weight is 135 g/mol. The quantitative estimate of drug-likeness (QED) is 0.575. The van der Waals surface area contributed by atoms with Crippen LogP contribution in [0.15, 0.2) is 23.9 Å². The minimum Gasteiger partial charge on any atom is -0.355 e. The van der Waals surface area contributed by atoms with Gasteiger partial charge in [0.15, 0.2) is 0 Å². The number of dihydropyridines is 1. The molecule has 0 aliphatic carbocycles. The van der Waals surface area contributed by atoms with Crippen molar-refractivity contribution in [1.82, 2.24) is 5.32 Å². The largest absolute Gasteiger partial charge is 0.355 e. The maximum atomic E-state index is 8.50. The van der Waals surface area contributed by atoms with Crippen LogP contribution in [0.25, 0.3) is 0 Å². The molecule has 3 heteroatoms. The third kappa shape index (κ3) is 1.17. The summed E-state index contributed by atoms with van der Waals surface area (Å²) >= 11 is 0. The van der Waals surface area contributed by atoms with Gasteiger partial charge in [0.2, 0.25) is 6.23 Å². The van der Waals surface area contributed by atoms with Crippen molar-refractivity contribution >= 4 is 0 Å². The molecule has 1 N–H and O–H groups in total. The minimum absolute atomic E-state index is 0.505. The van der Waals surface area contributed by atoms with Gasteiger partial charge in [0.25, 0.3) is 0 Å². The predicted molar refractivity (Wildman–Crippen MR) is 36.2 cm³/mol. The molecule has 0 atom stereocenters. The number of methoxy groups -OCH3 is 1. The second-order valence-electron chi connectivity index (χ2n) is 1.73. The Bertz CT molecular complexity index is 212. The molecular formula is C7H7N2O. The van der Waals surface area contributed by atoms with Gasteiger partial charge >= 0.3 is 0 Å². The zero-order valence-corrected chi connectivity index (χ0v) is 5.59. The lowest BCUT2D eigenvalue weighted by atomic mass is 10.2. The van der Waals surface area contributed by atoms with Gasteiger partial charge in [-0.15, -0.1) is 0 Å². The molecule has 0 fully saturated rings. The summed E-state index contributed by atoms with van der Waals surface area (Å²) in [6, 6.07) is 1.99. The van der Waals surface area contributed by atoms with Gasteiger partial charge in [0.05, 0.1) is 11.6 Å². The van der Waals surface area contributed by atoms with Crippen LogP contribution < -0.4 is 5.32 Å². The van der Waals surface area contributed by atoms with Gasteiger partial charge in [0.1, 0.15) is 0 Å². The van der Waals surface area contributed by atoms with Crippen LogP contribution in [0.1, 0.15) is 0 Å². The van der Waals surface area contributed by atoms with E-state index in [0.717, 1.165) is 0 Å². The Morgan fingerprint density at radius 3 is 3.00 bits per heavy atom. The molecule has 0 saturated carbocycles. The summed E-state index contributed by atoms with van der Waals surface area (Å²) in [6.07, 6.45) is 5.65. The van der Waals surface area contributed by atoms with Crippen molar-refractivity contribution in [3.05, 3.63) is 30.2 Å². The van der Waals surface area contributed by atoms with Crippen LogP contribution in [0.5, 0.6) is 0 Å². The summed E-state index contributed by atoms with van der Waals surface area (Å²) in [4.78, 5) is 0. The van der Waals surface area contributed by atoms with Crippen molar-refractivity contribution in [3.8, 4) is 6.07 Å². The van der Waals surface area contributed by atoms with Gasteiger partial charge < -0.3 is 10.1 Å². The highest BCUT2D eigenvalue weighted by molar-refractivity contribution is 5.38. The van der Waals surface area contributed by atoms with E-state index < -0.39 is 0 Å². The van der Waals surface area contributed by atoms with Crippen LogP contribution in [0.3, 0.4) is 0 Å². The summed E-state index contributed by atoms with van der Waals surface area (Å²) in [5, 5.41) is 11.3. The maximum absolute atomic E-state index is 8.50. The number of ether oxygens (including phenoxy) is 1. The molecule has 1 aliphatic rings. The third-order valence-electron chi connectivity index (χ3n) is 1.14. The zero-order valence-electron chi connectivity index (χ0n) is 5.59. The molecule has 1 rings (SSSR count). The first-order valence-corrected chi connectivity index (χ1v) is 2.83. The van der Waals surface area contributed by atoms with E-state index in [-0.39, 0.29) is 0 Å². The number of nitrogens with one attached hydrogen (secondary N) is 1. The average Bonchev–Trinajstić information content (AvgIpc) is 2.04. The van der Waals surface area contributed by atoms with Gasteiger partial charge in [-0.3, -0.25) is 0 Å². The van der Waals surface area contributed by atoms with Gasteiger partial charge in [-0.2, -0.15) is 5.26 Å². The van der Waals surface area contributed by atoms with E-state index in [1.54, 1.807) is 18.4 Å². The topological polar surface area (TPSA) is 45.0 Å². The summed E-state index contributed by atoms with van der Waals surface area (Å²) in [7, 11) is 1.52. The first-order chi connectivity index (χ1) is 4.88. The van der Waals surface area contributed by atoms with Crippen molar-refractivity contribution in [2.45, 2.75) is 0 Å². The van der Waals surface area contributed by atoms with E-state index in [2.05, 4.69) is 5.32 Å².